The molecule has 0 saturated carbocycles. The van der Waals surface area contributed by atoms with Crippen LogP contribution in [0, 0.1) is 0 Å². The fourth-order valence-corrected chi connectivity index (χ4v) is 8.86. The maximum Gasteiger partial charge on any atom is 0.164 e. The van der Waals surface area contributed by atoms with Crippen LogP contribution in [0.2, 0.25) is 0 Å². The van der Waals surface area contributed by atoms with Crippen molar-refractivity contribution in [1.29, 1.82) is 0 Å². The predicted octanol–water partition coefficient (Wildman–Crippen LogP) is 14.1. The van der Waals surface area contributed by atoms with Gasteiger partial charge in [-0.25, -0.2) is 15.0 Å². The van der Waals surface area contributed by atoms with Crippen molar-refractivity contribution in [2.24, 2.45) is 0 Å². The predicted molar refractivity (Wildman–Crippen MR) is 237 cm³/mol. The minimum absolute atomic E-state index is 0.0441. The lowest BCUT2D eigenvalue weighted by Gasteiger charge is -2.21. The molecule has 0 bridgehead atoms. The van der Waals surface area contributed by atoms with E-state index in [-0.39, 0.29) is 5.41 Å². The molecule has 2 aromatic heterocycles. The third-order valence-electron chi connectivity index (χ3n) is 11.7. The second kappa shape index (κ2) is 13.4. The van der Waals surface area contributed by atoms with Gasteiger partial charge >= 0.3 is 0 Å². The molecule has 0 amide bonds. The normalized spacial score (nSPS) is 12.8. The quantitative estimate of drug-likeness (QED) is 0.170. The van der Waals surface area contributed by atoms with Gasteiger partial charge < -0.3 is 4.42 Å². The van der Waals surface area contributed by atoms with Gasteiger partial charge in [-0.05, 0) is 86.0 Å². The summed E-state index contributed by atoms with van der Waals surface area (Å²) in [6.45, 7) is 4.68. The lowest BCUT2D eigenvalue weighted by Crippen LogP contribution is -2.14. The van der Waals surface area contributed by atoms with Gasteiger partial charge in [0.1, 0.15) is 11.2 Å². The van der Waals surface area contributed by atoms with E-state index in [9.17, 15) is 0 Å². The second-order valence-corrected chi connectivity index (χ2v) is 15.6. The molecule has 0 N–H and O–H groups in total. The van der Waals surface area contributed by atoms with E-state index in [0.717, 1.165) is 55.3 Å². The molecule has 1 aliphatic carbocycles. The maximum atomic E-state index is 6.48. The van der Waals surface area contributed by atoms with Crippen molar-refractivity contribution in [1.82, 2.24) is 15.0 Å². The summed E-state index contributed by atoms with van der Waals surface area (Å²) < 4.78 is 6.48. The van der Waals surface area contributed by atoms with Crippen LogP contribution in [0.5, 0.6) is 0 Å². The maximum absolute atomic E-state index is 6.48. The minimum atomic E-state index is -0.0441. The van der Waals surface area contributed by atoms with E-state index in [4.69, 9.17) is 19.4 Å². The zero-order valence-electron chi connectivity index (χ0n) is 32.1. The molecule has 58 heavy (non-hydrogen) atoms. The molecule has 8 aromatic carbocycles. The summed E-state index contributed by atoms with van der Waals surface area (Å²) in [4.78, 5) is 15.1. The number of hydrogen-bond acceptors (Lipinski definition) is 4. The number of hydrogen-bond donors (Lipinski definition) is 0. The van der Waals surface area contributed by atoms with Crippen molar-refractivity contribution in [3.8, 4) is 78.7 Å². The first kappa shape index (κ1) is 33.9. The van der Waals surface area contributed by atoms with Crippen molar-refractivity contribution in [2.75, 3.05) is 0 Å². The fraction of sp³-hybridized carbons (Fsp3) is 0.0556. The first-order valence-electron chi connectivity index (χ1n) is 19.8. The Kier molecular flexibility index (Phi) is 7.80. The molecule has 0 aliphatic heterocycles. The molecule has 10 aromatic rings. The highest BCUT2D eigenvalue weighted by atomic mass is 16.3. The van der Waals surface area contributed by atoms with E-state index in [2.05, 4.69) is 129 Å². The zero-order valence-corrected chi connectivity index (χ0v) is 32.1. The van der Waals surface area contributed by atoms with Crippen LogP contribution in [-0.4, -0.2) is 15.0 Å². The summed E-state index contributed by atoms with van der Waals surface area (Å²) in [7, 11) is 0. The Morgan fingerprint density at radius 1 is 0.362 bits per heavy atom. The lowest BCUT2D eigenvalue weighted by atomic mass is 9.82. The van der Waals surface area contributed by atoms with Crippen molar-refractivity contribution in [3.05, 3.63) is 199 Å². The summed E-state index contributed by atoms with van der Waals surface area (Å²) in [6, 6.07) is 66.2. The van der Waals surface area contributed by atoms with E-state index >= 15 is 0 Å². The Balaban J connectivity index is 1.01. The first-order valence-corrected chi connectivity index (χ1v) is 19.8. The Labute approximate surface area is 337 Å². The molecule has 2 heterocycles. The van der Waals surface area contributed by atoms with Gasteiger partial charge in [0, 0.05) is 32.9 Å². The van der Waals surface area contributed by atoms with E-state index in [1.54, 1.807) is 0 Å². The van der Waals surface area contributed by atoms with Gasteiger partial charge in [0.25, 0.3) is 0 Å². The van der Waals surface area contributed by atoms with Crippen LogP contribution in [0.15, 0.2) is 192 Å². The molecule has 0 radical (unpaired) electrons. The van der Waals surface area contributed by atoms with Gasteiger partial charge in [-0.2, -0.15) is 0 Å². The molecule has 274 valence electrons. The van der Waals surface area contributed by atoms with E-state index in [1.807, 2.05) is 72.8 Å². The number of aromatic nitrogens is 3. The van der Waals surface area contributed by atoms with E-state index in [1.165, 1.54) is 38.9 Å². The van der Waals surface area contributed by atoms with Gasteiger partial charge in [0.05, 0.1) is 0 Å². The molecule has 4 nitrogen and oxygen atoms in total. The fourth-order valence-electron chi connectivity index (χ4n) is 8.86. The number of rotatable bonds is 6. The van der Waals surface area contributed by atoms with Crippen molar-refractivity contribution < 1.29 is 4.42 Å². The Morgan fingerprint density at radius 2 is 0.862 bits per heavy atom. The first-order chi connectivity index (χ1) is 28.5. The van der Waals surface area contributed by atoms with Crippen LogP contribution >= 0.6 is 0 Å². The van der Waals surface area contributed by atoms with Crippen molar-refractivity contribution in [3.63, 3.8) is 0 Å². The topological polar surface area (TPSA) is 51.8 Å². The molecule has 0 unspecified atom stereocenters. The van der Waals surface area contributed by atoms with Crippen LogP contribution < -0.4 is 0 Å². The van der Waals surface area contributed by atoms with Crippen LogP contribution in [0.1, 0.15) is 25.0 Å². The molecular weight excluding hydrogens is 707 g/mol. The molecule has 0 spiro atoms. The summed E-state index contributed by atoms with van der Waals surface area (Å²) >= 11 is 0. The Bertz CT molecular complexity index is 3140. The smallest absolute Gasteiger partial charge is 0.164 e. The van der Waals surface area contributed by atoms with Gasteiger partial charge in [-0.1, -0.05) is 172 Å². The summed E-state index contributed by atoms with van der Waals surface area (Å²) in [6.07, 6.45) is 0. The molecule has 11 rings (SSSR count). The number of furan rings is 1. The van der Waals surface area contributed by atoms with Gasteiger partial charge in [-0.3, -0.25) is 0 Å². The van der Waals surface area contributed by atoms with Crippen LogP contribution in [0.3, 0.4) is 0 Å². The largest absolute Gasteiger partial charge is 0.456 e. The van der Waals surface area contributed by atoms with Crippen molar-refractivity contribution in [2.45, 2.75) is 19.3 Å². The highest BCUT2D eigenvalue weighted by Gasteiger charge is 2.36. The van der Waals surface area contributed by atoms with Crippen molar-refractivity contribution >= 4 is 21.9 Å². The van der Waals surface area contributed by atoms with Crippen LogP contribution in [0.25, 0.3) is 101 Å². The molecule has 0 fully saturated rings. The molecule has 4 heteroatoms. The minimum Gasteiger partial charge on any atom is -0.456 e. The summed E-state index contributed by atoms with van der Waals surface area (Å²) in [5.74, 6) is 1.85. The highest BCUT2D eigenvalue weighted by Crippen LogP contribution is 2.52. The molecule has 0 saturated heterocycles. The highest BCUT2D eigenvalue weighted by molar-refractivity contribution is 6.13. The third kappa shape index (κ3) is 5.56. The number of nitrogens with zero attached hydrogens (tertiary/aromatic N) is 3. The third-order valence-corrected chi connectivity index (χ3v) is 11.7. The van der Waals surface area contributed by atoms with E-state index in [0.29, 0.717) is 17.5 Å². The lowest BCUT2D eigenvalue weighted by molar-refractivity contribution is 0.660. The summed E-state index contributed by atoms with van der Waals surface area (Å²) in [5, 5.41) is 1.99. The molecule has 0 atom stereocenters. The Morgan fingerprint density at radius 3 is 1.57 bits per heavy atom. The standard InChI is InChI=1S/C54H37N3O/c1-54(2)45-26-10-9-23-42(45)49-41(24-13-27-46(49)54)40-22-12-21-38(32-40)36-19-11-20-37(31-36)39-29-30-47-44(33-39)50-43(25-14-28-48(50)58-47)53-56-51(34-15-5-3-6-16-34)55-52(57-53)35-17-7-4-8-18-35/h3-33H,1-2H3. The van der Waals surface area contributed by atoms with Crippen LogP contribution in [0.4, 0.5) is 0 Å². The van der Waals surface area contributed by atoms with Gasteiger partial charge in [0.15, 0.2) is 17.5 Å². The van der Waals surface area contributed by atoms with E-state index < -0.39 is 0 Å². The molecule has 1 aliphatic rings. The molecular formula is C54H37N3O. The van der Waals surface area contributed by atoms with Crippen LogP contribution in [-0.2, 0) is 5.41 Å². The average molecular weight is 744 g/mol. The Hall–Kier alpha value is -7.43. The second-order valence-electron chi connectivity index (χ2n) is 15.6. The number of benzene rings is 8. The van der Waals surface area contributed by atoms with Gasteiger partial charge in [-0.15, -0.1) is 0 Å². The monoisotopic (exact) mass is 743 g/mol. The van der Waals surface area contributed by atoms with Gasteiger partial charge in [0.2, 0.25) is 0 Å². The summed E-state index contributed by atoms with van der Waals surface area (Å²) in [5.41, 5.74) is 16.8. The number of fused-ring (bicyclic) bond motifs is 6. The average Bonchev–Trinajstić information content (AvgIpc) is 3.78. The SMILES string of the molecule is CC1(C)c2ccccc2-c2c(-c3cccc(-c4cccc(-c5ccc6oc7cccc(-c8nc(-c9ccccc9)nc(-c9ccccc9)n8)c7c6c5)c4)c3)cccc21. The zero-order chi connectivity index (χ0) is 38.8.